The lowest BCUT2D eigenvalue weighted by atomic mass is 9.90. The monoisotopic (exact) mass is 1090 g/mol. The van der Waals surface area contributed by atoms with Crippen LogP contribution in [0.25, 0.3) is 0 Å². The summed E-state index contributed by atoms with van der Waals surface area (Å²) in [6, 6.07) is -1.07. The Morgan fingerprint density at radius 1 is 0.645 bits per heavy atom. The van der Waals surface area contributed by atoms with E-state index in [1.54, 1.807) is 32.1 Å². The number of amides is 3. The Morgan fingerprint density at radius 3 is 1.43 bits per heavy atom. The number of nitrogens with two attached hydrogens (primary N) is 1. The first kappa shape index (κ1) is 73.7. The van der Waals surface area contributed by atoms with E-state index in [0.717, 1.165) is 71.4 Å². The van der Waals surface area contributed by atoms with E-state index in [1.165, 1.54) is 0 Å². The predicted molar refractivity (Wildman–Crippen MR) is 289 cm³/mol. The average Bonchev–Trinajstić information content (AvgIpc) is 3.32. The maximum Gasteiger partial charge on any atom is 0.320 e. The van der Waals surface area contributed by atoms with Gasteiger partial charge < -0.3 is 55.4 Å². The van der Waals surface area contributed by atoms with Crippen LogP contribution in [0.15, 0.2) is 0 Å². The number of hydrogen-bond acceptors (Lipinski definition) is 17. The Morgan fingerprint density at radius 2 is 1.07 bits per heavy atom. The number of nitrogens with one attached hydrogen (secondary N) is 4. The van der Waals surface area contributed by atoms with E-state index < -0.39 is 29.9 Å². The number of nitrogens with zero attached hydrogens (tertiary/aromatic N) is 4. The molecule has 10 N–H and O–H groups in total. The summed E-state index contributed by atoms with van der Waals surface area (Å²) in [6.07, 6.45) is 8.19. The number of aldehydes is 1. The summed E-state index contributed by atoms with van der Waals surface area (Å²) in [5.41, 5.74) is 2.13. The third-order valence-electron chi connectivity index (χ3n) is 12.6. The standard InChI is InChI=1S/C30H53N7O10.C12H24O2.C9H20O2.CH4N2O/c1-31-10-2-3-25(38)32-22-4-6-23(7-5-22)33-26(39)9-8-24(30(46)47)37-17-15-35(20-28(42)43)13-11-34(19-27(40)41)12-14-36(16-18-37)21-29(44)45;1-6-11(2,3)9-14-10-12(4,5)7-8-13;1-5-6-11-8-9(2,3)7-10-4;2-3-1-4/h22-24,31H,2-21H2,1H3,(H,32,38)(H,33,39)(H,40,41)(H,42,43)(H,44,45)(H,46,47);8H,6-7,9-10H2,1-5H3;5-8H2,1-4H3;1H,2H2,(H,3,4). The zero-order valence-corrected chi connectivity index (χ0v) is 47.8. The van der Waals surface area contributed by atoms with E-state index in [0.29, 0.717) is 38.7 Å². The first-order valence-corrected chi connectivity index (χ1v) is 26.7. The molecular formula is C52H101N9O15. The number of carbonyl (C=O) groups excluding carboxylic acids is 4. The molecule has 1 aliphatic heterocycles. The van der Waals surface area contributed by atoms with Gasteiger partial charge in [0.15, 0.2) is 0 Å². The molecule has 0 aromatic carbocycles. The molecule has 1 saturated carbocycles. The summed E-state index contributed by atoms with van der Waals surface area (Å²) in [5, 5.41) is 47.4. The lowest BCUT2D eigenvalue weighted by Crippen LogP contribution is -2.52. The number of hydrogen-bond donors (Lipinski definition) is 9. The Labute approximate surface area is 453 Å². The summed E-state index contributed by atoms with van der Waals surface area (Å²) in [6.45, 7) is 22.3. The van der Waals surface area contributed by atoms with Gasteiger partial charge in [0.05, 0.1) is 46.1 Å². The molecule has 0 aromatic rings. The molecule has 444 valence electrons. The molecule has 1 atom stereocenters. The summed E-state index contributed by atoms with van der Waals surface area (Å²) in [7, 11) is 3.56. The van der Waals surface area contributed by atoms with Gasteiger partial charge in [0.25, 0.3) is 0 Å². The number of carbonyl (C=O) groups is 8. The lowest BCUT2D eigenvalue weighted by molar-refractivity contribution is -0.145. The van der Waals surface area contributed by atoms with Gasteiger partial charge in [0.1, 0.15) is 12.3 Å². The molecule has 3 amide bonds. The number of methoxy groups -OCH3 is 1. The highest BCUT2D eigenvalue weighted by Gasteiger charge is 2.30. The van der Waals surface area contributed by atoms with Crippen LogP contribution in [0.2, 0.25) is 0 Å². The van der Waals surface area contributed by atoms with Gasteiger partial charge in [-0.2, -0.15) is 0 Å². The lowest BCUT2D eigenvalue weighted by Gasteiger charge is -2.35. The molecule has 24 heteroatoms. The molecular weight excluding hydrogens is 991 g/mol. The van der Waals surface area contributed by atoms with Gasteiger partial charge in [-0.15, -0.1) is 0 Å². The maximum absolute atomic E-state index is 12.9. The number of carboxylic acids is 4. The van der Waals surface area contributed by atoms with Crippen LogP contribution in [0.1, 0.15) is 126 Å². The van der Waals surface area contributed by atoms with Crippen LogP contribution >= 0.6 is 0 Å². The molecule has 0 spiro atoms. The molecule has 24 nitrogen and oxygen atoms in total. The van der Waals surface area contributed by atoms with E-state index in [1.807, 2.05) is 7.05 Å². The Balaban J connectivity index is 0. The Bertz CT molecular complexity index is 1600. The largest absolute Gasteiger partial charge is 0.480 e. The van der Waals surface area contributed by atoms with Crippen LogP contribution in [0.3, 0.4) is 0 Å². The van der Waals surface area contributed by atoms with Crippen LogP contribution in [-0.2, 0) is 52.6 Å². The van der Waals surface area contributed by atoms with Crippen molar-refractivity contribution < 1.29 is 73.0 Å². The highest BCUT2D eigenvalue weighted by Crippen LogP contribution is 2.24. The van der Waals surface area contributed by atoms with Crippen molar-refractivity contribution in [3.63, 3.8) is 0 Å². The van der Waals surface area contributed by atoms with Gasteiger partial charge in [-0.3, -0.25) is 58.6 Å². The van der Waals surface area contributed by atoms with Crippen molar-refractivity contribution in [2.24, 2.45) is 22.1 Å². The summed E-state index contributed by atoms with van der Waals surface area (Å²) in [4.78, 5) is 97.8. The van der Waals surface area contributed by atoms with Crippen molar-refractivity contribution in [3.8, 4) is 0 Å². The van der Waals surface area contributed by atoms with Crippen LogP contribution in [0.5, 0.6) is 0 Å². The first-order valence-electron chi connectivity index (χ1n) is 26.7. The summed E-state index contributed by atoms with van der Waals surface area (Å²) >= 11 is 0. The maximum atomic E-state index is 12.9. The smallest absolute Gasteiger partial charge is 0.320 e. The number of aliphatic carboxylic acids is 4. The van der Waals surface area contributed by atoms with E-state index in [4.69, 9.17) is 19.0 Å². The van der Waals surface area contributed by atoms with Gasteiger partial charge in [-0.05, 0) is 75.8 Å². The highest BCUT2D eigenvalue weighted by molar-refractivity contribution is 5.79. The zero-order valence-electron chi connectivity index (χ0n) is 47.8. The van der Waals surface area contributed by atoms with Crippen LogP contribution in [0.4, 0.5) is 0 Å². The van der Waals surface area contributed by atoms with Crippen molar-refractivity contribution in [2.75, 3.05) is 126 Å². The highest BCUT2D eigenvalue weighted by atomic mass is 16.5. The molecule has 0 radical (unpaired) electrons. The SMILES string of the molecule is CCC(C)(C)COCC(C)(C)CC=O.CCCOCC(C)(C)COC.CNCCCC(=O)NC1CCC(NC(=O)CCC(C(=O)O)N2CCN(CC(=O)O)CCN(CC(=O)O)CCN(CC(=O)O)CC2)CC1.NNC=O. The molecule has 1 aliphatic carbocycles. The topological polar surface area (TPSA) is 332 Å². The van der Waals surface area contributed by atoms with Gasteiger partial charge in [0, 0.05) is 103 Å². The van der Waals surface area contributed by atoms with E-state index in [-0.39, 0.29) is 125 Å². The fourth-order valence-electron chi connectivity index (χ4n) is 7.97. The second kappa shape index (κ2) is 42.6. The minimum absolute atomic E-state index is 0.00341. The van der Waals surface area contributed by atoms with Crippen molar-refractivity contribution in [1.29, 1.82) is 0 Å². The fourth-order valence-corrected chi connectivity index (χ4v) is 7.97. The molecule has 0 bridgehead atoms. The average molecular weight is 1090 g/mol. The van der Waals surface area contributed by atoms with Gasteiger partial charge in [-0.25, -0.2) is 5.84 Å². The van der Waals surface area contributed by atoms with Gasteiger partial charge >= 0.3 is 23.9 Å². The summed E-state index contributed by atoms with van der Waals surface area (Å²) < 4.78 is 16.1. The van der Waals surface area contributed by atoms with Crippen LogP contribution in [0, 0.1) is 16.2 Å². The minimum Gasteiger partial charge on any atom is -0.480 e. The Hall–Kier alpha value is -4.40. The summed E-state index contributed by atoms with van der Waals surface area (Å²) in [5.74, 6) is -0.193. The van der Waals surface area contributed by atoms with Gasteiger partial charge in [-0.1, -0.05) is 55.4 Å². The molecule has 76 heavy (non-hydrogen) atoms. The van der Waals surface area contributed by atoms with Crippen LogP contribution in [-0.4, -0.2) is 232 Å². The molecule has 2 fully saturated rings. The first-order chi connectivity index (χ1) is 35.7. The number of carboxylic acid groups (broad SMARTS) is 4. The minimum atomic E-state index is -1.14. The van der Waals surface area contributed by atoms with E-state index in [2.05, 4.69) is 77.2 Å². The van der Waals surface area contributed by atoms with Crippen molar-refractivity contribution in [3.05, 3.63) is 0 Å². The van der Waals surface area contributed by atoms with Crippen LogP contribution < -0.4 is 27.2 Å². The molecule has 0 aromatic heterocycles. The normalized spacial score (nSPS) is 17.9. The second-order valence-corrected chi connectivity index (χ2v) is 21.8. The molecule has 2 aliphatic rings. The van der Waals surface area contributed by atoms with Crippen molar-refractivity contribution >= 4 is 48.4 Å². The van der Waals surface area contributed by atoms with E-state index in [9.17, 15) is 54.0 Å². The molecule has 1 saturated heterocycles. The van der Waals surface area contributed by atoms with Crippen molar-refractivity contribution in [2.45, 2.75) is 144 Å². The van der Waals surface area contributed by atoms with Crippen molar-refractivity contribution in [1.82, 2.24) is 41.0 Å². The Kier molecular flexibility index (Phi) is 41.3. The zero-order chi connectivity index (χ0) is 58.2. The number of rotatable bonds is 31. The number of hydrazine groups is 1. The number of ether oxygens (including phenoxy) is 3. The molecule has 2 rings (SSSR count). The van der Waals surface area contributed by atoms with E-state index >= 15 is 0 Å². The predicted octanol–water partition coefficient (Wildman–Crippen LogP) is 1.98. The third kappa shape index (κ3) is 40.8. The quantitative estimate of drug-likeness (QED) is 0.0158. The second-order valence-electron chi connectivity index (χ2n) is 21.8. The fraction of sp³-hybridized carbons (Fsp3) is 0.846. The molecule has 1 unspecified atom stereocenters. The molecule has 1 heterocycles. The van der Waals surface area contributed by atoms with Gasteiger partial charge in [0.2, 0.25) is 18.2 Å². The third-order valence-corrected chi connectivity index (χ3v) is 12.6.